The van der Waals surface area contributed by atoms with E-state index in [-0.39, 0.29) is 17.8 Å². The molecule has 4 nitrogen and oxygen atoms in total. The molecule has 1 aromatic carbocycles. The summed E-state index contributed by atoms with van der Waals surface area (Å²) in [5.74, 6) is 1.16. The third-order valence-corrected chi connectivity index (χ3v) is 7.15. The second kappa shape index (κ2) is 6.93. The maximum atomic E-state index is 13.7. The van der Waals surface area contributed by atoms with E-state index in [1.165, 1.54) is 30.9 Å². The first-order valence-electron chi connectivity index (χ1n) is 10.5. The van der Waals surface area contributed by atoms with Crippen molar-refractivity contribution in [1.82, 2.24) is 15.2 Å². The van der Waals surface area contributed by atoms with Gasteiger partial charge in [0.2, 0.25) is 5.91 Å². The van der Waals surface area contributed by atoms with E-state index in [0.717, 1.165) is 49.7 Å². The van der Waals surface area contributed by atoms with E-state index in [1.54, 1.807) is 6.07 Å². The molecule has 3 unspecified atom stereocenters. The fraction of sp³-hybridized carbons (Fsp3) is 0.591. The first-order chi connectivity index (χ1) is 13.2. The van der Waals surface area contributed by atoms with E-state index in [1.807, 2.05) is 12.3 Å². The van der Waals surface area contributed by atoms with Gasteiger partial charge in [-0.25, -0.2) is 4.39 Å². The number of nitrogens with one attached hydrogen (secondary N) is 2. The van der Waals surface area contributed by atoms with Crippen molar-refractivity contribution >= 4 is 16.8 Å². The number of likely N-dealkylation sites (tertiary alicyclic amines) is 1. The number of hydrogen-bond donors (Lipinski definition) is 2. The third kappa shape index (κ3) is 3.16. The number of amides is 1. The molecule has 5 heteroatoms. The number of piperidine rings is 2. The molecule has 3 atom stereocenters. The number of fused-ring (bicyclic) bond motifs is 2. The molecule has 2 aromatic rings. The summed E-state index contributed by atoms with van der Waals surface area (Å²) in [5.41, 5.74) is 2.23. The van der Waals surface area contributed by atoms with Crippen molar-refractivity contribution in [3.63, 3.8) is 0 Å². The molecule has 2 N–H and O–H groups in total. The topological polar surface area (TPSA) is 48.1 Å². The van der Waals surface area contributed by atoms with Crippen molar-refractivity contribution < 1.29 is 9.18 Å². The number of nitrogens with zero attached hydrogens (tertiary/aromatic N) is 1. The molecule has 3 fully saturated rings. The Bertz CT molecular complexity index is 839. The summed E-state index contributed by atoms with van der Waals surface area (Å²) in [6.07, 6.45) is 10.1. The predicted octanol–water partition coefficient (Wildman–Crippen LogP) is 3.93. The third-order valence-electron chi connectivity index (χ3n) is 7.15. The molecule has 27 heavy (non-hydrogen) atoms. The monoisotopic (exact) mass is 369 g/mol. The molecule has 0 bridgehead atoms. The normalized spacial score (nSPS) is 30.3. The minimum atomic E-state index is -0.179. The van der Waals surface area contributed by atoms with Crippen molar-refractivity contribution in [3.8, 4) is 0 Å². The van der Waals surface area contributed by atoms with E-state index >= 15 is 0 Å². The summed E-state index contributed by atoms with van der Waals surface area (Å²) in [6.45, 7) is 1.89. The lowest BCUT2D eigenvalue weighted by Crippen LogP contribution is -2.59. The van der Waals surface area contributed by atoms with Gasteiger partial charge in [-0.3, -0.25) is 9.69 Å². The summed E-state index contributed by atoms with van der Waals surface area (Å²) >= 11 is 0. The van der Waals surface area contributed by atoms with Gasteiger partial charge in [0.15, 0.2) is 0 Å². The number of benzene rings is 1. The van der Waals surface area contributed by atoms with Gasteiger partial charge in [0, 0.05) is 23.1 Å². The average molecular weight is 369 g/mol. The molecule has 2 aliphatic heterocycles. The van der Waals surface area contributed by atoms with Gasteiger partial charge in [-0.1, -0.05) is 12.8 Å². The number of hydrogen-bond acceptors (Lipinski definition) is 2. The van der Waals surface area contributed by atoms with Crippen LogP contribution in [0, 0.1) is 11.7 Å². The second-order valence-corrected chi connectivity index (χ2v) is 8.66. The predicted molar refractivity (Wildman–Crippen MR) is 104 cm³/mol. The van der Waals surface area contributed by atoms with Gasteiger partial charge in [0.05, 0.1) is 6.04 Å². The largest absolute Gasteiger partial charge is 0.361 e. The highest BCUT2D eigenvalue weighted by Gasteiger charge is 2.40. The molecular weight excluding hydrogens is 341 g/mol. The standard InChI is InChI=1S/C22H28FN3O/c23-16-5-6-20-17(12-16)18(13-24-20)14-7-9-26(10-8-14)21-11-15-3-1-2-4-19(15)25-22(21)27/h5-6,12-15,19,21,24H,1-4,7-11H2,(H,25,27). The van der Waals surface area contributed by atoms with Gasteiger partial charge < -0.3 is 10.3 Å². The summed E-state index contributed by atoms with van der Waals surface area (Å²) < 4.78 is 13.7. The number of aromatic amines is 1. The first kappa shape index (κ1) is 17.2. The van der Waals surface area contributed by atoms with Crippen LogP contribution in [0.25, 0.3) is 10.9 Å². The van der Waals surface area contributed by atoms with Gasteiger partial charge in [-0.15, -0.1) is 0 Å². The highest BCUT2D eigenvalue weighted by molar-refractivity contribution is 5.84. The van der Waals surface area contributed by atoms with Gasteiger partial charge in [0.25, 0.3) is 0 Å². The Labute approximate surface area is 159 Å². The van der Waals surface area contributed by atoms with Crippen LogP contribution in [0.15, 0.2) is 24.4 Å². The highest BCUT2D eigenvalue weighted by Crippen LogP contribution is 2.37. The summed E-state index contributed by atoms with van der Waals surface area (Å²) in [4.78, 5) is 18.3. The van der Waals surface area contributed by atoms with Crippen LogP contribution < -0.4 is 5.32 Å². The van der Waals surface area contributed by atoms with Crippen LogP contribution >= 0.6 is 0 Å². The summed E-state index contributed by atoms with van der Waals surface area (Å²) in [6, 6.07) is 5.43. The van der Waals surface area contributed by atoms with Gasteiger partial charge in [-0.2, -0.15) is 0 Å². The molecule has 3 heterocycles. The van der Waals surface area contributed by atoms with Crippen LogP contribution in [0.5, 0.6) is 0 Å². The van der Waals surface area contributed by atoms with Crippen LogP contribution in [0.1, 0.15) is 56.4 Å². The van der Waals surface area contributed by atoms with Crippen molar-refractivity contribution in [2.24, 2.45) is 5.92 Å². The smallest absolute Gasteiger partial charge is 0.237 e. The highest BCUT2D eigenvalue weighted by atomic mass is 19.1. The number of rotatable bonds is 2. The molecule has 1 amide bonds. The molecule has 0 spiro atoms. The maximum absolute atomic E-state index is 13.7. The van der Waals surface area contributed by atoms with E-state index in [9.17, 15) is 9.18 Å². The lowest BCUT2D eigenvalue weighted by molar-refractivity contribution is -0.132. The second-order valence-electron chi connectivity index (χ2n) is 8.66. The number of halogens is 1. The lowest BCUT2D eigenvalue weighted by atomic mass is 9.77. The van der Waals surface area contributed by atoms with E-state index in [4.69, 9.17) is 0 Å². The number of H-pyrrole nitrogens is 1. The Kier molecular flexibility index (Phi) is 4.43. The first-order valence-corrected chi connectivity index (χ1v) is 10.5. The van der Waals surface area contributed by atoms with Gasteiger partial charge in [0.1, 0.15) is 5.82 Å². The minimum absolute atomic E-state index is 0.0470. The molecule has 5 rings (SSSR count). The fourth-order valence-corrected chi connectivity index (χ4v) is 5.64. The van der Waals surface area contributed by atoms with Crippen molar-refractivity contribution in [3.05, 3.63) is 35.8 Å². The van der Waals surface area contributed by atoms with Gasteiger partial charge >= 0.3 is 0 Å². The van der Waals surface area contributed by atoms with E-state index in [2.05, 4.69) is 15.2 Å². The Morgan fingerprint density at radius 2 is 1.89 bits per heavy atom. The molecule has 1 aromatic heterocycles. The van der Waals surface area contributed by atoms with E-state index in [0.29, 0.717) is 17.9 Å². The molecule has 3 aliphatic rings. The fourth-order valence-electron chi connectivity index (χ4n) is 5.64. The van der Waals surface area contributed by atoms with Crippen LogP contribution in [-0.2, 0) is 4.79 Å². The molecule has 2 saturated heterocycles. The zero-order chi connectivity index (χ0) is 18.4. The van der Waals surface area contributed by atoms with Crippen LogP contribution in [0.4, 0.5) is 4.39 Å². The number of aromatic nitrogens is 1. The van der Waals surface area contributed by atoms with Crippen LogP contribution in [-0.4, -0.2) is 41.0 Å². The average Bonchev–Trinajstić information content (AvgIpc) is 3.10. The van der Waals surface area contributed by atoms with Crippen molar-refractivity contribution in [1.29, 1.82) is 0 Å². The Morgan fingerprint density at radius 3 is 2.74 bits per heavy atom. The van der Waals surface area contributed by atoms with Crippen LogP contribution in [0.2, 0.25) is 0 Å². The van der Waals surface area contributed by atoms with Crippen molar-refractivity contribution in [2.45, 2.75) is 62.9 Å². The SMILES string of the molecule is O=C1NC2CCCCC2CC1N1CCC(c2c[nH]c3ccc(F)cc23)CC1. The summed E-state index contributed by atoms with van der Waals surface area (Å²) in [5, 5.41) is 4.32. The zero-order valence-electron chi connectivity index (χ0n) is 15.7. The molecule has 1 aliphatic carbocycles. The zero-order valence-corrected chi connectivity index (χ0v) is 15.7. The quantitative estimate of drug-likeness (QED) is 0.843. The molecule has 144 valence electrons. The van der Waals surface area contributed by atoms with E-state index < -0.39 is 0 Å². The van der Waals surface area contributed by atoms with Crippen LogP contribution in [0.3, 0.4) is 0 Å². The Morgan fingerprint density at radius 1 is 1.07 bits per heavy atom. The van der Waals surface area contributed by atoms with Gasteiger partial charge in [-0.05, 0) is 80.8 Å². The summed E-state index contributed by atoms with van der Waals surface area (Å²) in [7, 11) is 0. The Hall–Kier alpha value is -1.88. The lowest BCUT2D eigenvalue weighted by Gasteiger charge is -2.45. The van der Waals surface area contributed by atoms with Crippen molar-refractivity contribution in [2.75, 3.05) is 13.1 Å². The molecule has 0 radical (unpaired) electrons. The number of carbonyl (C=O) groups is 1. The molecular formula is C22H28FN3O. The maximum Gasteiger partial charge on any atom is 0.237 e. The number of carbonyl (C=O) groups excluding carboxylic acids is 1. The molecule has 1 saturated carbocycles. The minimum Gasteiger partial charge on any atom is -0.361 e. The Balaban J connectivity index is 1.27.